The van der Waals surface area contributed by atoms with Crippen molar-refractivity contribution in [2.24, 2.45) is 0 Å². The molecule has 0 saturated carbocycles. The number of ether oxygens (including phenoxy) is 1. The number of nitrogens with one attached hydrogen (secondary N) is 1. The first kappa shape index (κ1) is 11.6. The maximum Gasteiger partial charge on any atom is 0.142 e. The molecule has 1 aliphatic rings. The molecular weight excluding hydrogens is 290 g/mol. The van der Waals surface area contributed by atoms with Crippen LogP contribution in [-0.4, -0.2) is 13.2 Å². The summed E-state index contributed by atoms with van der Waals surface area (Å²) in [6, 6.07) is 12.7. The van der Waals surface area contributed by atoms with Crippen molar-refractivity contribution in [1.82, 2.24) is 0 Å². The van der Waals surface area contributed by atoms with Crippen LogP contribution in [0.15, 0.2) is 40.9 Å². The van der Waals surface area contributed by atoms with Crippen LogP contribution in [0.2, 0.25) is 0 Å². The van der Waals surface area contributed by atoms with Crippen LogP contribution in [0.1, 0.15) is 5.56 Å². The van der Waals surface area contributed by atoms with Crippen LogP contribution in [0.4, 0.5) is 5.69 Å². The third kappa shape index (κ3) is 2.10. The van der Waals surface area contributed by atoms with Gasteiger partial charge in [0.05, 0.1) is 5.69 Å². The minimum Gasteiger partial charge on any atom is -0.490 e. The fraction of sp³-hybridized carbons (Fsp3) is 0.200. The van der Waals surface area contributed by atoms with Crippen molar-refractivity contribution in [3.05, 3.63) is 46.4 Å². The maximum absolute atomic E-state index is 5.59. The number of hydrogen-bond acceptors (Lipinski definition) is 2. The second-order valence-corrected chi connectivity index (χ2v) is 5.30. The zero-order chi connectivity index (χ0) is 12.5. The van der Waals surface area contributed by atoms with Gasteiger partial charge in [0.25, 0.3) is 0 Å². The molecule has 3 heteroatoms. The molecule has 0 radical (unpaired) electrons. The van der Waals surface area contributed by atoms with E-state index in [0.29, 0.717) is 0 Å². The second kappa shape index (κ2) is 4.65. The van der Waals surface area contributed by atoms with Crippen LogP contribution >= 0.6 is 15.9 Å². The minimum atomic E-state index is 0.740. The monoisotopic (exact) mass is 303 g/mol. The summed E-state index contributed by atoms with van der Waals surface area (Å²) in [5.41, 5.74) is 4.77. The Kier molecular flexibility index (Phi) is 3.00. The second-order valence-electron chi connectivity index (χ2n) is 4.45. The van der Waals surface area contributed by atoms with Gasteiger partial charge in [-0.05, 0) is 41.8 Å². The molecule has 1 aliphatic heterocycles. The standard InChI is InChI=1S/C15H14BrNO/c1-10-8-11(2-4-13(10)16)12-3-5-15-14(9-12)17-6-7-18-15/h2-5,8-9,17H,6-7H2,1H3. The summed E-state index contributed by atoms with van der Waals surface area (Å²) in [7, 11) is 0. The van der Waals surface area contributed by atoms with Crippen LogP contribution < -0.4 is 10.1 Å². The highest BCUT2D eigenvalue weighted by molar-refractivity contribution is 9.10. The molecule has 2 nitrogen and oxygen atoms in total. The van der Waals surface area contributed by atoms with E-state index in [1.165, 1.54) is 16.7 Å². The molecule has 0 fully saturated rings. The summed E-state index contributed by atoms with van der Waals surface area (Å²) >= 11 is 3.53. The van der Waals surface area contributed by atoms with Gasteiger partial charge in [0.2, 0.25) is 0 Å². The van der Waals surface area contributed by atoms with Crippen LogP contribution in [-0.2, 0) is 0 Å². The van der Waals surface area contributed by atoms with Gasteiger partial charge in [0, 0.05) is 11.0 Å². The zero-order valence-corrected chi connectivity index (χ0v) is 11.8. The lowest BCUT2D eigenvalue weighted by molar-refractivity contribution is 0.323. The highest BCUT2D eigenvalue weighted by atomic mass is 79.9. The van der Waals surface area contributed by atoms with Crippen LogP contribution in [0.3, 0.4) is 0 Å². The molecule has 0 atom stereocenters. The zero-order valence-electron chi connectivity index (χ0n) is 10.2. The topological polar surface area (TPSA) is 21.3 Å². The number of hydrogen-bond donors (Lipinski definition) is 1. The van der Waals surface area contributed by atoms with Crippen molar-refractivity contribution in [3.63, 3.8) is 0 Å². The van der Waals surface area contributed by atoms with Crippen molar-refractivity contribution in [1.29, 1.82) is 0 Å². The molecular formula is C15H14BrNO. The Bertz CT molecular complexity index is 595. The molecule has 0 amide bonds. The number of fused-ring (bicyclic) bond motifs is 1. The van der Waals surface area contributed by atoms with E-state index in [2.05, 4.69) is 58.5 Å². The molecule has 0 aliphatic carbocycles. The number of aryl methyl sites for hydroxylation is 1. The van der Waals surface area contributed by atoms with Gasteiger partial charge >= 0.3 is 0 Å². The predicted octanol–water partition coefficient (Wildman–Crippen LogP) is 4.23. The Balaban J connectivity index is 2.03. The fourth-order valence-corrected chi connectivity index (χ4v) is 2.39. The number of halogens is 1. The average Bonchev–Trinajstić information content (AvgIpc) is 2.41. The van der Waals surface area contributed by atoms with Crippen molar-refractivity contribution in [2.75, 3.05) is 18.5 Å². The third-order valence-corrected chi connectivity index (χ3v) is 4.04. The van der Waals surface area contributed by atoms with Gasteiger partial charge in [-0.15, -0.1) is 0 Å². The van der Waals surface area contributed by atoms with Gasteiger partial charge in [0.15, 0.2) is 0 Å². The minimum absolute atomic E-state index is 0.740. The SMILES string of the molecule is Cc1cc(-c2ccc3c(c2)NCCO3)ccc1Br. The van der Waals surface area contributed by atoms with E-state index in [1.54, 1.807) is 0 Å². The quantitative estimate of drug-likeness (QED) is 0.851. The summed E-state index contributed by atoms with van der Waals surface area (Å²) < 4.78 is 6.73. The van der Waals surface area contributed by atoms with Crippen molar-refractivity contribution < 1.29 is 4.74 Å². The molecule has 18 heavy (non-hydrogen) atoms. The largest absolute Gasteiger partial charge is 0.490 e. The van der Waals surface area contributed by atoms with Crippen LogP contribution in [0.5, 0.6) is 5.75 Å². The maximum atomic E-state index is 5.59. The summed E-state index contributed by atoms with van der Waals surface area (Å²) in [4.78, 5) is 0. The van der Waals surface area contributed by atoms with E-state index < -0.39 is 0 Å². The van der Waals surface area contributed by atoms with Gasteiger partial charge in [-0.1, -0.05) is 34.1 Å². The van der Waals surface area contributed by atoms with E-state index in [1.807, 2.05) is 6.07 Å². The fourth-order valence-electron chi connectivity index (χ4n) is 2.14. The lowest BCUT2D eigenvalue weighted by atomic mass is 10.0. The molecule has 0 aromatic heterocycles. The van der Waals surface area contributed by atoms with Gasteiger partial charge in [-0.2, -0.15) is 0 Å². The van der Waals surface area contributed by atoms with E-state index in [9.17, 15) is 0 Å². The lowest BCUT2D eigenvalue weighted by Gasteiger charge is -2.19. The first-order valence-corrected chi connectivity index (χ1v) is 6.80. The normalized spacial score (nSPS) is 13.4. The molecule has 3 rings (SSSR count). The molecule has 1 N–H and O–H groups in total. The highest BCUT2D eigenvalue weighted by Gasteiger charge is 2.10. The van der Waals surface area contributed by atoms with Gasteiger partial charge < -0.3 is 10.1 Å². The number of benzene rings is 2. The van der Waals surface area contributed by atoms with Gasteiger partial charge in [-0.25, -0.2) is 0 Å². The van der Waals surface area contributed by atoms with E-state index >= 15 is 0 Å². The third-order valence-electron chi connectivity index (χ3n) is 3.15. The van der Waals surface area contributed by atoms with Crippen LogP contribution in [0, 0.1) is 6.92 Å². The summed E-state index contributed by atoms with van der Waals surface area (Å²) in [6.45, 7) is 3.72. The van der Waals surface area contributed by atoms with E-state index in [4.69, 9.17) is 4.74 Å². The summed E-state index contributed by atoms with van der Waals surface area (Å²) in [5.74, 6) is 0.943. The smallest absolute Gasteiger partial charge is 0.142 e. The molecule has 0 saturated heterocycles. The van der Waals surface area contributed by atoms with Crippen LogP contribution in [0.25, 0.3) is 11.1 Å². The molecule has 0 unspecified atom stereocenters. The molecule has 0 bridgehead atoms. The Labute approximate surface area is 115 Å². The molecule has 0 spiro atoms. The first-order chi connectivity index (χ1) is 8.74. The molecule has 2 aromatic carbocycles. The summed E-state index contributed by atoms with van der Waals surface area (Å²) in [6.07, 6.45) is 0. The Hall–Kier alpha value is -1.48. The van der Waals surface area contributed by atoms with Crippen molar-refractivity contribution in [3.8, 4) is 16.9 Å². The number of rotatable bonds is 1. The molecule has 1 heterocycles. The van der Waals surface area contributed by atoms with Crippen molar-refractivity contribution >= 4 is 21.6 Å². The molecule has 92 valence electrons. The molecule has 2 aromatic rings. The predicted molar refractivity (Wildman–Crippen MR) is 78.3 cm³/mol. The van der Waals surface area contributed by atoms with Gasteiger partial charge in [0.1, 0.15) is 12.4 Å². The Morgan fingerprint density at radius 3 is 2.72 bits per heavy atom. The van der Waals surface area contributed by atoms with Crippen molar-refractivity contribution in [2.45, 2.75) is 6.92 Å². The van der Waals surface area contributed by atoms with E-state index in [-0.39, 0.29) is 0 Å². The highest BCUT2D eigenvalue weighted by Crippen LogP contribution is 2.33. The average molecular weight is 304 g/mol. The number of anilines is 1. The Morgan fingerprint density at radius 2 is 1.89 bits per heavy atom. The van der Waals surface area contributed by atoms with E-state index in [0.717, 1.165) is 29.1 Å². The lowest BCUT2D eigenvalue weighted by Crippen LogP contribution is -2.17. The first-order valence-electron chi connectivity index (χ1n) is 6.01. The Morgan fingerprint density at radius 1 is 1.11 bits per heavy atom. The van der Waals surface area contributed by atoms with Gasteiger partial charge in [-0.3, -0.25) is 0 Å². The summed E-state index contributed by atoms with van der Waals surface area (Å²) in [5, 5.41) is 3.36.